The van der Waals surface area contributed by atoms with Gasteiger partial charge in [-0.05, 0) is 74.0 Å². The molecule has 2 aromatic heterocycles. The van der Waals surface area contributed by atoms with E-state index in [4.69, 9.17) is 14.5 Å². The first-order valence-electron chi connectivity index (χ1n) is 25.6. The highest BCUT2D eigenvalue weighted by molar-refractivity contribution is 7.17. The third kappa shape index (κ3) is 18.8. The zero-order valence-corrected chi connectivity index (χ0v) is 40.1. The minimum absolute atomic E-state index is 0.267. The second-order valence-corrected chi connectivity index (χ2v) is 19.1. The molecule has 0 radical (unpaired) electrons. The maximum atomic E-state index is 13.6. The Bertz CT molecular complexity index is 1740. The van der Waals surface area contributed by atoms with Gasteiger partial charge in [-0.25, -0.2) is 9.78 Å². The van der Waals surface area contributed by atoms with Gasteiger partial charge < -0.3 is 19.3 Å². The van der Waals surface area contributed by atoms with Crippen molar-refractivity contribution in [2.24, 2.45) is 0 Å². The maximum Gasteiger partial charge on any atom is 0.416 e. The molecule has 1 aliphatic rings. The molecule has 0 N–H and O–H groups in total. The Balaban J connectivity index is 1.00. The summed E-state index contributed by atoms with van der Waals surface area (Å²) in [6.07, 6.45) is 33.3. The van der Waals surface area contributed by atoms with E-state index in [0.717, 1.165) is 88.1 Å². The highest BCUT2D eigenvalue weighted by Gasteiger charge is 2.19. The highest BCUT2D eigenvalue weighted by atomic mass is 32.1. The lowest BCUT2D eigenvalue weighted by molar-refractivity contribution is 0.148. The fourth-order valence-corrected chi connectivity index (χ4v) is 9.86. The molecule has 7 nitrogen and oxygen atoms in total. The number of anilines is 1. The number of unbranched alkanes of at least 4 members (excludes halogenated alkanes) is 23. The molecular weight excluding hydrogens is 785 g/mol. The molecule has 4 aromatic rings. The Hall–Kier alpha value is -3.36. The van der Waals surface area contributed by atoms with Crippen molar-refractivity contribution in [1.82, 2.24) is 14.8 Å². The largest absolute Gasteiger partial charge is 0.494 e. The summed E-state index contributed by atoms with van der Waals surface area (Å²) in [5, 5.41) is 4.60. The lowest BCUT2D eigenvalue weighted by atomic mass is 10.0. The Labute approximate surface area is 381 Å². The molecule has 0 bridgehead atoms. The smallest absolute Gasteiger partial charge is 0.416 e. The fourth-order valence-electron chi connectivity index (χ4n) is 9.05. The van der Waals surface area contributed by atoms with Crippen molar-refractivity contribution in [2.45, 2.75) is 181 Å². The van der Waals surface area contributed by atoms with E-state index in [2.05, 4.69) is 53.3 Å². The summed E-state index contributed by atoms with van der Waals surface area (Å²) in [6, 6.07) is 18.8. The molecule has 344 valence electrons. The SMILES string of the molecule is CCCCCCCCCCCCCCN(CCCCCCCCCCCCCC)C(=O)Oc1ccc2ccc(OCCCCN3CCN(c4cccc5sccc45)CC3)cc2n1. The van der Waals surface area contributed by atoms with Gasteiger partial charge in [0, 0.05) is 72.6 Å². The molecule has 62 heavy (non-hydrogen) atoms. The van der Waals surface area contributed by atoms with Gasteiger partial charge in [0.25, 0.3) is 0 Å². The van der Waals surface area contributed by atoms with Crippen molar-refractivity contribution in [3.63, 3.8) is 0 Å². The lowest BCUT2D eigenvalue weighted by Gasteiger charge is -2.36. The second kappa shape index (κ2) is 30.7. The Morgan fingerprint density at radius 3 is 1.79 bits per heavy atom. The summed E-state index contributed by atoms with van der Waals surface area (Å²) >= 11 is 1.82. The molecule has 5 rings (SSSR count). The molecule has 1 fully saturated rings. The van der Waals surface area contributed by atoms with Crippen LogP contribution in [0, 0.1) is 0 Å². The van der Waals surface area contributed by atoms with E-state index in [1.807, 2.05) is 46.6 Å². The van der Waals surface area contributed by atoms with Gasteiger partial charge in [0.1, 0.15) is 5.75 Å². The molecule has 8 heteroatoms. The van der Waals surface area contributed by atoms with E-state index in [1.54, 1.807) is 0 Å². The van der Waals surface area contributed by atoms with Gasteiger partial charge in [0.15, 0.2) is 0 Å². The monoisotopic (exact) mass is 869 g/mol. The van der Waals surface area contributed by atoms with E-state index in [9.17, 15) is 4.79 Å². The molecule has 2 aromatic carbocycles. The average Bonchev–Trinajstić information content (AvgIpc) is 3.79. The van der Waals surface area contributed by atoms with Crippen LogP contribution >= 0.6 is 11.3 Å². The Morgan fingerprint density at radius 2 is 1.19 bits per heavy atom. The zero-order valence-electron chi connectivity index (χ0n) is 39.2. The van der Waals surface area contributed by atoms with E-state index in [1.165, 1.54) is 157 Å². The molecular formula is C54H84N4O3S. The number of ether oxygens (including phenoxy) is 2. The summed E-state index contributed by atoms with van der Waals surface area (Å²) in [5.74, 6) is 1.17. The second-order valence-electron chi connectivity index (χ2n) is 18.1. The third-order valence-corrected chi connectivity index (χ3v) is 13.9. The number of carbonyl (C=O) groups excluding carboxylic acids is 1. The van der Waals surface area contributed by atoms with Gasteiger partial charge in [-0.15, -0.1) is 11.3 Å². The van der Waals surface area contributed by atoms with Crippen LogP contribution in [0.4, 0.5) is 10.5 Å². The number of hydrogen-bond donors (Lipinski definition) is 0. The number of hydrogen-bond acceptors (Lipinski definition) is 7. The van der Waals surface area contributed by atoms with Gasteiger partial charge in [-0.2, -0.15) is 0 Å². The number of rotatable bonds is 34. The van der Waals surface area contributed by atoms with Crippen molar-refractivity contribution in [3.8, 4) is 11.6 Å². The number of thiophene rings is 1. The maximum absolute atomic E-state index is 13.6. The summed E-state index contributed by atoms with van der Waals surface area (Å²) in [7, 11) is 0. The van der Waals surface area contributed by atoms with Crippen molar-refractivity contribution in [2.75, 3.05) is 57.3 Å². The van der Waals surface area contributed by atoms with Gasteiger partial charge >= 0.3 is 6.09 Å². The minimum atomic E-state index is -0.267. The molecule has 1 amide bonds. The van der Waals surface area contributed by atoms with E-state index >= 15 is 0 Å². The van der Waals surface area contributed by atoms with Crippen LogP contribution in [0.2, 0.25) is 0 Å². The van der Waals surface area contributed by atoms with Crippen molar-refractivity contribution >= 4 is 44.1 Å². The first-order valence-corrected chi connectivity index (χ1v) is 26.5. The van der Waals surface area contributed by atoms with E-state index in [-0.39, 0.29) is 6.09 Å². The number of piperazine rings is 1. The summed E-state index contributed by atoms with van der Waals surface area (Å²) in [5.41, 5.74) is 2.17. The lowest BCUT2D eigenvalue weighted by Crippen LogP contribution is -2.46. The predicted octanol–water partition coefficient (Wildman–Crippen LogP) is 15.6. The van der Waals surface area contributed by atoms with Crippen LogP contribution < -0.4 is 14.4 Å². The van der Waals surface area contributed by atoms with Crippen LogP contribution in [0.5, 0.6) is 11.6 Å². The zero-order chi connectivity index (χ0) is 43.3. The topological polar surface area (TPSA) is 58.1 Å². The van der Waals surface area contributed by atoms with Gasteiger partial charge in [-0.3, -0.25) is 4.90 Å². The average molecular weight is 869 g/mol. The van der Waals surface area contributed by atoms with Gasteiger partial charge in [0.2, 0.25) is 5.88 Å². The number of carbonyl (C=O) groups is 1. The van der Waals surface area contributed by atoms with Crippen LogP contribution in [0.15, 0.2) is 60.0 Å². The third-order valence-electron chi connectivity index (χ3n) is 13.0. The number of benzene rings is 2. The first kappa shape index (κ1) is 49.7. The van der Waals surface area contributed by atoms with Crippen LogP contribution in [0.3, 0.4) is 0 Å². The summed E-state index contributed by atoms with van der Waals surface area (Å²) < 4.78 is 13.6. The minimum Gasteiger partial charge on any atom is -0.494 e. The van der Waals surface area contributed by atoms with Crippen LogP contribution in [0.25, 0.3) is 21.0 Å². The van der Waals surface area contributed by atoms with Crippen LogP contribution in [0.1, 0.15) is 181 Å². The number of nitrogens with zero attached hydrogens (tertiary/aromatic N) is 4. The summed E-state index contributed by atoms with van der Waals surface area (Å²) in [6.45, 7) is 12.2. The molecule has 1 aliphatic heterocycles. The number of pyridine rings is 1. The predicted molar refractivity (Wildman–Crippen MR) is 267 cm³/mol. The number of amides is 1. The quantitative estimate of drug-likeness (QED) is 0.0436. The molecule has 1 saturated heterocycles. The van der Waals surface area contributed by atoms with Gasteiger partial charge in [-0.1, -0.05) is 161 Å². The Morgan fingerprint density at radius 1 is 0.629 bits per heavy atom. The molecule has 0 saturated carbocycles. The fraction of sp³-hybridized carbons (Fsp3) is 0.667. The number of fused-ring (bicyclic) bond motifs is 2. The normalized spacial score (nSPS) is 13.4. The number of aromatic nitrogens is 1. The van der Waals surface area contributed by atoms with E-state index in [0.29, 0.717) is 12.5 Å². The molecule has 0 unspecified atom stereocenters. The van der Waals surface area contributed by atoms with Crippen molar-refractivity contribution in [3.05, 3.63) is 60.0 Å². The Kier molecular flexibility index (Phi) is 24.6. The standard InChI is InChI=1S/C54H84N4O3S/c1-3-5-7-9-11-13-15-17-19-21-23-25-38-58(39-26-24-22-20-18-16-14-12-10-8-6-4-2)54(59)61-53-35-33-47-32-34-48(46-50(47)55-53)60-44-28-27-37-56-40-42-57(43-41-56)51-30-29-31-52-49(51)36-45-62-52/h29-36,45-46H,3-28,37-44H2,1-2H3. The van der Waals surface area contributed by atoms with E-state index < -0.39 is 0 Å². The van der Waals surface area contributed by atoms with Crippen molar-refractivity contribution < 1.29 is 14.3 Å². The summed E-state index contributed by atoms with van der Waals surface area (Å²) in [4.78, 5) is 25.5. The van der Waals surface area contributed by atoms with Crippen LogP contribution in [-0.2, 0) is 0 Å². The molecule has 0 aliphatic carbocycles. The molecule has 0 spiro atoms. The highest BCUT2D eigenvalue weighted by Crippen LogP contribution is 2.31. The van der Waals surface area contributed by atoms with Gasteiger partial charge in [0.05, 0.1) is 12.1 Å². The first-order chi connectivity index (χ1) is 30.6. The van der Waals surface area contributed by atoms with Crippen molar-refractivity contribution in [1.29, 1.82) is 0 Å². The molecule has 0 atom stereocenters. The van der Waals surface area contributed by atoms with Crippen LogP contribution in [-0.4, -0.2) is 73.3 Å². The molecule has 3 heterocycles.